The average Bonchev–Trinajstić information content (AvgIpc) is 2.34. The van der Waals surface area contributed by atoms with Crippen molar-refractivity contribution in [1.29, 1.82) is 0 Å². The molecule has 0 saturated carbocycles. The third-order valence-corrected chi connectivity index (χ3v) is 3.22. The second-order valence-electron chi connectivity index (χ2n) is 4.50. The number of nitrogen functional groups attached to an aromatic ring is 1. The number of rotatable bonds is 2. The molecule has 0 aliphatic heterocycles. The number of benzene rings is 1. The van der Waals surface area contributed by atoms with Crippen LogP contribution in [-0.2, 0) is 19.0 Å². The maximum absolute atomic E-state index is 13.4. The number of aryl methyl sites for hydroxylation is 1. The van der Waals surface area contributed by atoms with Crippen LogP contribution in [0.2, 0.25) is 0 Å². The number of hydrogen-bond acceptors (Lipinski definition) is 3. The van der Waals surface area contributed by atoms with Crippen molar-refractivity contribution >= 4 is 16.7 Å². The fourth-order valence-electron chi connectivity index (χ4n) is 2.39. The molecule has 0 bridgehead atoms. The second-order valence-corrected chi connectivity index (χ2v) is 4.50. The Labute approximate surface area is 113 Å². The van der Waals surface area contributed by atoms with Gasteiger partial charge in [-0.15, -0.1) is 0 Å². The highest BCUT2D eigenvalue weighted by Gasteiger charge is 2.38. The summed E-state index contributed by atoms with van der Waals surface area (Å²) in [5.74, 6) is 0. The molecule has 0 saturated heterocycles. The second kappa shape index (κ2) is 4.85. The van der Waals surface area contributed by atoms with Crippen LogP contribution in [0.3, 0.4) is 0 Å². The summed E-state index contributed by atoms with van der Waals surface area (Å²) < 4.78 is 45.1. The van der Waals surface area contributed by atoms with E-state index in [9.17, 15) is 18.0 Å². The van der Waals surface area contributed by atoms with Crippen LogP contribution in [0.25, 0.3) is 11.0 Å². The van der Waals surface area contributed by atoms with Gasteiger partial charge in [0.2, 0.25) is 0 Å². The Morgan fingerprint density at radius 3 is 2.35 bits per heavy atom. The summed E-state index contributed by atoms with van der Waals surface area (Å²) in [7, 11) is 0. The Morgan fingerprint density at radius 2 is 1.85 bits per heavy atom. The first-order chi connectivity index (χ1) is 9.29. The van der Waals surface area contributed by atoms with Crippen molar-refractivity contribution in [2.45, 2.75) is 32.9 Å². The van der Waals surface area contributed by atoms with Crippen LogP contribution in [0, 0.1) is 0 Å². The van der Waals surface area contributed by atoms with Gasteiger partial charge in [-0.2, -0.15) is 13.2 Å². The van der Waals surface area contributed by atoms with Crippen molar-refractivity contribution in [2.24, 2.45) is 0 Å². The summed E-state index contributed by atoms with van der Waals surface area (Å²) in [6.45, 7) is 3.22. The molecule has 6 heteroatoms. The fraction of sp³-hybridized carbons (Fsp3) is 0.357. The molecule has 108 valence electrons. The first-order valence-electron chi connectivity index (χ1n) is 6.24. The van der Waals surface area contributed by atoms with E-state index in [4.69, 9.17) is 10.2 Å². The molecule has 20 heavy (non-hydrogen) atoms. The van der Waals surface area contributed by atoms with Crippen LogP contribution in [0.5, 0.6) is 0 Å². The molecule has 2 rings (SSSR count). The topological polar surface area (TPSA) is 56.2 Å². The minimum absolute atomic E-state index is 0.0410. The third kappa shape index (κ3) is 2.26. The van der Waals surface area contributed by atoms with Gasteiger partial charge in [-0.3, -0.25) is 0 Å². The minimum atomic E-state index is -4.61. The largest absolute Gasteiger partial charge is 0.422 e. The fourth-order valence-corrected chi connectivity index (χ4v) is 2.39. The van der Waals surface area contributed by atoms with E-state index in [1.54, 1.807) is 6.92 Å². The highest BCUT2D eigenvalue weighted by atomic mass is 19.4. The zero-order chi connectivity index (χ0) is 15.1. The minimum Gasteiger partial charge on any atom is -0.422 e. The molecule has 2 N–H and O–H groups in total. The van der Waals surface area contributed by atoms with E-state index < -0.39 is 17.4 Å². The molecule has 1 aromatic carbocycles. The normalized spacial score (nSPS) is 12.1. The molecule has 0 spiro atoms. The number of fused-ring (bicyclic) bond motifs is 1. The molecule has 0 aliphatic carbocycles. The summed E-state index contributed by atoms with van der Waals surface area (Å²) in [6, 6.07) is 2.74. The van der Waals surface area contributed by atoms with E-state index in [1.165, 1.54) is 19.1 Å². The lowest BCUT2D eigenvalue weighted by Crippen LogP contribution is -2.19. The standard InChI is InChI=1S/C14H14F3NO2/c1-3-7-5-8(18)6-10-11(7)12(14(15,16)17)9(4-2)13(19)20-10/h5-6H,3-4,18H2,1-2H3. The van der Waals surface area contributed by atoms with Crippen LogP contribution < -0.4 is 11.4 Å². The molecule has 0 unspecified atom stereocenters. The lowest BCUT2D eigenvalue weighted by molar-refractivity contribution is -0.137. The Morgan fingerprint density at radius 1 is 1.20 bits per heavy atom. The van der Waals surface area contributed by atoms with Crippen LogP contribution in [-0.4, -0.2) is 0 Å². The van der Waals surface area contributed by atoms with E-state index in [0.717, 1.165) is 0 Å². The quantitative estimate of drug-likeness (QED) is 0.678. The van der Waals surface area contributed by atoms with Crippen molar-refractivity contribution in [3.63, 3.8) is 0 Å². The van der Waals surface area contributed by atoms with Gasteiger partial charge in [0.05, 0.1) is 11.1 Å². The molecule has 0 amide bonds. The lowest BCUT2D eigenvalue weighted by Gasteiger charge is -2.16. The average molecular weight is 285 g/mol. The van der Waals surface area contributed by atoms with Crippen molar-refractivity contribution in [1.82, 2.24) is 0 Å². The first kappa shape index (κ1) is 14.4. The van der Waals surface area contributed by atoms with Crippen LogP contribution in [0.15, 0.2) is 21.3 Å². The monoisotopic (exact) mass is 285 g/mol. The summed E-state index contributed by atoms with van der Waals surface area (Å²) >= 11 is 0. The van der Waals surface area contributed by atoms with Crippen LogP contribution in [0.4, 0.5) is 18.9 Å². The number of hydrogen-bond donors (Lipinski definition) is 1. The molecule has 0 radical (unpaired) electrons. The van der Waals surface area contributed by atoms with Crippen LogP contribution >= 0.6 is 0 Å². The zero-order valence-corrected chi connectivity index (χ0v) is 11.1. The van der Waals surface area contributed by atoms with Crippen molar-refractivity contribution in [3.05, 3.63) is 39.2 Å². The Bertz CT molecular complexity index is 717. The van der Waals surface area contributed by atoms with E-state index >= 15 is 0 Å². The molecule has 2 aromatic rings. The molecule has 0 atom stereocenters. The molecule has 3 nitrogen and oxygen atoms in total. The van der Waals surface area contributed by atoms with Gasteiger partial charge >= 0.3 is 11.8 Å². The predicted octanol–water partition coefficient (Wildman–Crippen LogP) is 3.52. The van der Waals surface area contributed by atoms with Gasteiger partial charge in [0.1, 0.15) is 5.58 Å². The molecule has 0 aliphatic rings. The highest BCUT2D eigenvalue weighted by Crippen LogP contribution is 2.38. The predicted molar refractivity (Wildman–Crippen MR) is 70.7 cm³/mol. The SMILES string of the molecule is CCc1c(C(F)(F)F)c2c(CC)cc(N)cc2oc1=O. The van der Waals surface area contributed by atoms with Crippen molar-refractivity contribution < 1.29 is 17.6 Å². The number of nitrogens with two attached hydrogens (primary N) is 1. The van der Waals surface area contributed by atoms with E-state index in [-0.39, 0.29) is 28.6 Å². The van der Waals surface area contributed by atoms with E-state index in [0.29, 0.717) is 12.0 Å². The molecule has 0 fully saturated rings. The van der Waals surface area contributed by atoms with Crippen molar-refractivity contribution in [3.8, 4) is 0 Å². The molecule has 1 aromatic heterocycles. The number of anilines is 1. The number of halogens is 3. The summed E-state index contributed by atoms with van der Waals surface area (Å²) in [4.78, 5) is 11.7. The molecular formula is C14H14F3NO2. The maximum atomic E-state index is 13.4. The van der Waals surface area contributed by atoms with Gasteiger partial charge in [-0.1, -0.05) is 13.8 Å². The van der Waals surface area contributed by atoms with Gasteiger partial charge in [0.15, 0.2) is 0 Å². The summed E-state index contributed by atoms with van der Waals surface area (Å²) in [5.41, 5.74) is 4.02. The Kier molecular flexibility index (Phi) is 3.50. The summed E-state index contributed by atoms with van der Waals surface area (Å²) in [5, 5.41) is -0.0642. The molecule has 1 heterocycles. The van der Waals surface area contributed by atoms with E-state index in [1.807, 2.05) is 0 Å². The third-order valence-electron chi connectivity index (χ3n) is 3.22. The van der Waals surface area contributed by atoms with Gasteiger partial charge in [-0.05, 0) is 24.5 Å². The van der Waals surface area contributed by atoms with Crippen molar-refractivity contribution in [2.75, 3.05) is 5.73 Å². The van der Waals surface area contributed by atoms with E-state index in [2.05, 4.69) is 0 Å². The van der Waals surface area contributed by atoms with Gasteiger partial charge in [0.25, 0.3) is 0 Å². The highest BCUT2D eigenvalue weighted by molar-refractivity contribution is 5.88. The first-order valence-corrected chi connectivity index (χ1v) is 6.24. The number of alkyl halides is 3. The van der Waals surface area contributed by atoms with Gasteiger partial charge < -0.3 is 10.2 Å². The van der Waals surface area contributed by atoms with Gasteiger partial charge in [-0.25, -0.2) is 4.79 Å². The van der Waals surface area contributed by atoms with Gasteiger partial charge in [0, 0.05) is 17.1 Å². The smallest absolute Gasteiger partial charge is 0.417 e. The molecular weight excluding hydrogens is 271 g/mol. The van der Waals surface area contributed by atoms with Crippen LogP contribution in [0.1, 0.15) is 30.5 Å². The Hall–Kier alpha value is -1.98. The Balaban J connectivity index is 3.07. The summed E-state index contributed by atoms with van der Waals surface area (Å²) in [6.07, 6.45) is -4.29. The maximum Gasteiger partial charge on any atom is 0.417 e. The zero-order valence-electron chi connectivity index (χ0n) is 11.1. The lowest BCUT2D eigenvalue weighted by atomic mass is 9.96.